The predicted octanol–water partition coefficient (Wildman–Crippen LogP) is 2.53. The molecule has 0 spiro atoms. The second-order valence-corrected chi connectivity index (χ2v) is 8.37. The van der Waals surface area contributed by atoms with Crippen molar-refractivity contribution in [3.63, 3.8) is 0 Å². The predicted molar refractivity (Wildman–Crippen MR) is 111 cm³/mol. The highest BCUT2D eigenvalue weighted by molar-refractivity contribution is 5.94. The zero-order chi connectivity index (χ0) is 21.6. The van der Waals surface area contributed by atoms with Crippen LogP contribution in [0.3, 0.4) is 0 Å². The minimum Gasteiger partial charge on any atom is -0.464 e. The molecule has 1 atom stereocenters. The van der Waals surface area contributed by atoms with Gasteiger partial charge in [0, 0.05) is 43.4 Å². The third-order valence-electron chi connectivity index (χ3n) is 6.37. The van der Waals surface area contributed by atoms with E-state index in [1.165, 1.54) is 12.1 Å². The molecule has 1 unspecified atom stereocenters. The van der Waals surface area contributed by atoms with E-state index in [9.17, 15) is 19.1 Å². The van der Waals surface area contributed by atoms with Crippen molar-refractivity contribution in [3.8, 4) is 5.75 Å². The molecule has 2 amide bonds. The first-order chi connectivity index (χ1) is 14.9. The monoisotopic (exact) mass is 425 g/mol. The molecular weight excluding hydrogens is 401 g/mol. The molecule has 2 fully saturated rings. The standard InChI is InChI=1S/C23H24FN3O4/c24-17-6-7-18-19(14-17)31-20(25-18)15-2-4-16(5-3-15)21(28)26-10-12-27(13-11-26)22(29)23(30)8-1-9-23/h2-7,14,20,25,30H,1,8-13H2. The SMILES string of the molecule is O=C(c1ccc(C2Nc3ccc(F)cc3O2)cc1)N1CCN(C(=O)C2(O)CCC2)CC1. The molecule has 3 aliphatic rings. The normalized spacial score (nSPS) is 21.5. The third-order valence-corrected chi connectivity index (χ3v) is 6.37. The molecule has 1 saturated heterocycles. The molecule has 1 aliphatic carbocycles. The summed E-state index contributed by atoms with van der Waals surface area (Å²) in [6, 6.07) is 11.5. The highest BCUT2D eigenvalue weighted by Crippen LogP contribution is 2.38. The Morgan fingerprint density at radius 2 is 1.71 bits per heavy atom. The molecule has 2 aliphatic heterocycles. The third kappa shape index (κ3) is 3.61. The first-order valence-electron chi connectivity index (χ1n) is 10.6. The number of rotatable bonds is 3. The fourth-order valence-corrected chi connectivity index (χ4v) is 4.28. The van der Waals surface area contributed by atoms with Crippen LogP contribution < -0.4 is 10.1 Å². The van der Waals surface area contributed by atoms with Crippen LogP contribution in [0.15, 0.2) is 42.5 Å². The lowest BCUT2D eigenvalue weighted by Gasteiger charge is -2.42. The number of ether oxygens (including phenoxy) is 1. The van der Waals surface area contributed by atoms with E-state index in [-0.39, 0.29) is 17.6 Å². The number of carbonyl (C=O) groups is 2. The highest BCUT2D eigenvalue weighted by atomic mass is 19.1. The van der Waals surface area contributed by atoms with E-state index in [1.54, 1.807) is 28.0 Å². The molecule has 162 valence electrons. The van der Waals surface area contributed by atoms with Gasteiger partial charge in [-0.1, -0.05) is 12.1 Å². The van der Waals surface area contributed by atoms with Crippen molar-refractivity contribution >= 4 is 17.5 Å². The Kier molecular flexibility index (Phi) is 4.81. The Morgan fingerprint density at radius 3 is 2.35 bits per heavy atom. The number of aliphatic hydroxyl groups is 1. The van der Waals surface area contributed by atoms with Crippen LogP contribution in [0, 0.1) is 5.82 Å². The van der Waals surface area contributed by atoms with Gasteiger partial charge in [-0.3, -0.25) is 9.59 Å². The van der Waals surface area contributed by atoms with Gasteiger partial charge in [0.1, 0.15) is 17.2 Å². The number of benzene rings is 2. The van der Waals surface area contributed by atoms with Crippen LogP contribution in [0.5, 0.6) is 5.75 Å². The molecule has 5 rings (SSSR count). The Hall–Kier alpha value is -3.13. The van der Waals surface area contributed by atoms with Crippen molar-refractivity contribution in [1.29, 1.82) is 0 Å². The number of anilines is 1. The summed E-state index contributed by atoms with van der Waals surface area (Å²) in [5.41, 5.74) is 0.926. The van der Waals surface area contributed by atoms with Gasteiger partial charge in [0.2, 0.25) is 0 Å². The number of nitrogens with zero attached hydrogens (tertiary/aromatic N) is 2. The zero-order valence-electron chi connectivity index (χ0n) is 17.0. The van der Waals surface area contributed by atoms with Gasteiger partial charge in [-0.05, 0) is 43.5 Å². The molecule has 0 aromatic heterocycles. The number of piperazine rings is 1. The van der Waals surface area contributed by atoms with E-state index >= 15 is 0 Å². The van der Waals surface area contributed by atoms with Gasteiger partial charge in [-0.2, -0.15) is 0 Å². The summed E-state index contributed by atoms with van der Waals surface area (Å²) in [5, 5.41) is 13.5. The quantitative estimate of drug-likeness (QED) is 0.790. The average Bonchev–Trinajstić information content (AvgIpc) is 3.20. The largest absolute Gasteiger partial charge is 0.464 e. The maximum Gasteiger partial charge on any atom is 0.254 e. The molecule has 0 bridgehead atoms. The molecule has 2 aromatic rings. The van der Waals surface area contributed by atoms with Crippen LogP contribution in [0.1, 0.15) is 41.4 Å². The van der Waals surface area contributed by atoms with Gasteiger partial charge < -0.3 is 25.0 Å². The van der Waals surface area contributed by atoms with Crippen molar-refractivity contribution in [2.24, 2.45) is 0 Å². The molecular formula is C23H24FN3O4. The fourth-order valence-electron chi connectivity index (χ4n) is 4.28. The molecule has 0 radical (unpaired) electrons. The summed E-state index contributed by atoms with van der Waals surface area (Å²) in [6.45, 7) is 1.74. The fraction of sp³-hybridized carbons (Fsp3) is 0.391. The zero-order valence-corrected chi connectivity index (χ0v) is 17.0. The number of halogens is 1. The van der Waals surface area contributed by atoms with E-state index in [2.05, 4.69) is 5.32 Å². The van der Waals surface area contributed by atoms with Gasteiger partial charge in [-0.25, -0.2) is 4.39 Å². The van der Waals surface area contributed by atoms with E-state index in [4.69, 9.17) is 4.74 Å². The Bertz CT molecular complexity index is 1010. The molecule has 2 aromatic carbocycles. The number of carbonyl (C=O) groups excluding carboxylic acids is 2. The Morgan fingerprint density at radius 1 is 1.03 bits per heavy atom. The van der Waals surface area contributed by atoms with Crippen molar-refractivity contribution in [3.05, 3.63) is 59.4 Å². The Balaban J connectivity index is 1.19. The summed E-state index contributed by atoms with van der Waals surface area (Å²) in [6.07, 6.45) is 1.49. The maximum atomic E-state index is 13.4. The molecule has 7 nitrogen and oxygen atoms in total. The van der Waals surface area contributed by atoms with Gasteiger partial charge >= 0.3 is 0 Å². The van der Waals surface area contributed by atoms with Crippen molar-refractivity contribution < 1.29 is 23.8 Å². The molecule has 31 heavy (non-hydrogen) atoms. The number of fused-ring (bicyclic) bond motifs is 1. The summed E-state index contributed by atoms with van der Waals surface area (Å²) in [7, 11) is 0. The minimum absolute atomic E-state index is 0.0911. The summed E-state index contributed by atoms with van der Waals surface area (Å²) in [4.78, 5) is 28.7. The van der Waals surface area contributed by atoms with Crippen LogP contribution in [-0.2, 0) is 4.79 Å². The summed E-state index contributed by atoms with van der Waals surface area (Å²) >= 11 is 0. The Labute approximate surface area is 179 Å². The number of nitrogens with one attached hydrogen (secondary N) is 1. The van der Waals surface area contributed by atoms with Gasteiger partial charge in [0.15, 0.2) is 6.23 Å². The van der Waals surface area contributed by atoms with E-state index < -0.39 is 11.8 Å². The van der Waals surface area contributed by atoms with Crippen LogP contribution in [0.4, 0.5) is 10.1 Å². The summed E-state index contributed by atoms with van der Waals surface area (Å²) in [5.74, 6) is -0.193. The number of amides is 2. The van der Waals surface area contributed by atoms with Gasteiger partial charge in [-0.15, -0.1) is 0 Å². The lowest BCUT2D eigenvalue weighted by atomic mass is 9.79. The maximum absolute atomic E-state index is 13.4. The van der Waals surface area contributed by atoms with Crippen molar-refractivity contribution in [1.82, 2.24) is 9.80 Å². The average molecular weight is 425 g/mol. The first-order valence-corrected chi connectivity index (χ1v) is 10.6. The van der Waals surface area contributed by atoms with Crippen LogP contribution in [-0.4, -0.2) is 58.5 Å². The second kappa shape index (κ2) is 7.53. The second-order valence-electron chi connectivity index (χ2n) is 8.37. The van der Waals surface area contributed by atoms with Crippen LogP contribution >= 0.6 is 0 Å². The van der Waals surface area contributed by atoms with Crippen molar-refractivity contribution in [2.45, 2.75) is 31.1 Å². The highest BCUT2D eigenvalue weighted by Gasteiger charge is 2.45. The van der Waals surface area contributed by atoms with E-state index in [1.807, 2.05) is 12.1 Å². The van der Waals surface area contributed by atoms with Gasteiger partial charge in [0.05, 0.1) is 5.69 Å². The lowest BCUT2D eigenvalue weighted by Crippen LogP contribution is -2.58. The molecule has 2 heterocycles. The van der Waals surface area contributed by atoms with Crippen LogP contribution in [0.25, 0.3) is 0 Å². The minimum atomic E-state index is -1.19. The van der Waals surface area contributed by atoms with Gasteiger partial charge in [0.25, 0.3) is 11.8 Å². The molecule has 2 N–H and O–H groups in total. The number of hydrogen-bond acceptors (Lipinski definition) is 5. The number of hydrogen-bond donors (Lipinski definition) is 2. The first kappa shape index (κ1) is 19.8. The smallest absolute Gasteiger partial charge is 0.254 e. The lowest BCUT2D eigenvalue weighted by molar-refractivity contribution is -0.161. The topological polar surface area (TPSA) is 82.1 Å². The van der Waals surface area contributed by atoms with Crippen LogP contribution in [0.2, 0.25) is 0 Å². The molecule has 8 heteroatoms. The summed E-state index contributed by atoms with van der Waals surface area (Å²) < 4.78 is 19.1. The van der Waals surface area contributed by atoms with E-state index in [0.29, 0.717) is 50.3 Å². The molecule has 1 saturated carbocycles. The van der Waals surface area contributed by atoms with E-state index in [0.717, 1.165) is 17.7 Å². The van der Waals surface area contributed by atoms with Crippen molar-refractivity contribution in [2.75, 3.05) is 31.5 Å².